The molecule has 0 aromatic rings. The molecule has 0 radical (unpaired) electrons. The molecule has 1 N–H and O–H groups in total. The average Bonchev–Trinajstić information content (AvgIpc) is 1.98. The second-order valence-corrected chi connectivity index (χ2v) is 7.65. The summed E-state index contributed by atoms with van der Waals surface area (Å²) in [5.74, 6) is 0. The van der Waals surface area contributed by atoms with Crippen molar-refractivity contribution in [2.75, 3.05) is 0 Å². The SMILES string of the molecule is CC(C)(C)C(=O)P(=O)(O)C(=O)C(C)(C)C.[LiH]. The maximum atomic E-state index is 11.8. The first kappa shape index (κ1) is 18.5. The van der Waals surface area contributed by atoms with E-state index >= 15 is 0 Å². The molecular weight excluding hydrogens is 222 g/mol. The third-order valence-corrected chi connectivity index (χ3v) is 4.28. The summed E-state index contributed by atoms with van der Waals surface area (Å²) >= 11 is 0. The number of hydrogen-bond donors (Lipinski definition) is 1. The van der Waals surface area contributed by atoms with Gasteiger partial charge in [-0.2, -0.15) is 0 Å². The van der Waals surface area contributed by atoms with Gasteiger partial charge in [0.2, 0.25) is 11.0 Å². The minimum atomic E-state index is -4.40. The third-order valence-electron chi connectivity index (χ3n) is 1.83. The van der Waals surface area contributed by atoms with Crippen molar-refractivity contribution in [2.24, 2.45) is 10.8 Å². The molecule has 0 atom stereocenters. The molecule has 0 saturated carbocycles. The molecule has 4 nitrogen and oxygen atoms in total. The molecule has 0 bridgehead atoms. The number of carbonyl (C=O) groups is 2. The molecular formula is C10H20LiO4P. The van der Waals surface area contributed by atoms with Gasteiger partial charge in [-0.3, -0.25) is 14.2 Å². The Morgan fingerprint density at radius 3 is 1.19 bits per heavy atom. The van der Waals surface area contributed by atoms with Crippen LogP contribution in [0.4, 0.5) is 0 Å². The van der Waals surface area contributed by atoms with Crippen molar-refractivity contribution in [3.05, 3.63) is 0 Å². The van der Waals surface area contributed by atoms with Crippen LogP contribution in [-0.2, 0) is 14.2 Å². The van der Waals surface area contributed by atoms with Crippen molar-refractivity contribution in [1.82, 2.24) is 0 Å². The minimum absolute atomic E-state index is 0. The number of carbonyl (C=O) groups excluding carboxylic acids is 2. The van der Waals surface area contributed by atoms with Crippen LogP contribution in [0.2, 0.25) is 0 Å². The first-order valence-electron chi connectivity index (χ1n) is 4.74. The molecule has 0 spiro atoms. The van der Waals surface area contributed by atoms with Crippen LogP contribution in [0, 0.1) is 10.8 Å². The zero-order valence-electron chi connectivity index (χ0n) is 10.1. The molecule has 0 aliphatic heterocycles. The van der Waals surface area contributed by atoms with E-state index in [2.05, 4.69) is 0 Å². The van der Waals surface area contributed by atoms with Crippen molar-refractivity contribution in [3.63, 3.8) is 0 Å². The van der Waals surface area contributed by atoms with Crippen LogP contribution in [-0.4, -0.2) is 34.8 Å². The molecule has 0 aliphatic rings. The van der Waals surface area contributed by atoms with Crippen molar-refractivity contribution >= 4 is 37.3 Å². The van der Waals surface area contributed by atoms with Crippen molar-refractivity contribution in [3.8, 4) is 0 Å². The van der Waals surface area contributed by atoms with E-state index in [0.717, 1.165) is 0 Å². The Morgan fingerprint density at radius 2 is 1.06 bits per heavy atom. The summed E-state index contributed by atoms with van der Waals surface area (Å²) in [6.07, 6.45) is 0. The fraction of sp³-hybridized carbons (Fsp3) is 0.800. The van der Waals surface area contributed by atoms with Gasteiger partial charge in [0.05, 0.1) is 0 Å². The second-order valence-electron chi connectivity index (χ2n) is 5.69. The molecule has 0 saturated heterocycles. The Hall–Kier alpha value is 0.127. The summed E-state index contributed by atoms with van der Waals surface area (Å²) in [5.41, 5.74) is -3.72. The zero-order chi connectivity index (χ0) is 12.7. The normalized spacial score (nSPS) is 12.9. The van der Waals surface area contributed by atoms with Crippen LogP contribution in [0.15, 0.2) is 0 Å². The molecule has 0 amide bonds. The van der Waals surface area contributed by atoms with E-state index in [9.17, 15) is 19.0 Å². The third kappa shape index (κ3) is 4.18. The second kappa shape index (κ2) is 5.19. The summed E-state index contributed by atoms with van der Waals surface area (Å²) in [4.78, 5) is 32.9. The molecule has 0 aliphatic carbocycles. The van der Waals surface area contributed by atoms with Gasteiger partial charge in [0.15, 0.2) is 0 Å². The van der Waals surface area contributed by atoms with E-state index in [4.69, 9.17) is 0 Å². The predicted molar refractivity (Wildman–Crippen MR) is 65.9 cm³/mol. The summed E-state index contributed by atoms with van der Waals surface area (Å²) in [6, 6.07) is 0. The van der Waals surface area contributed by atoms with Gasteiger partial charge in [-0.15, -0.1) is 0 Å². The quantitative estimate of drug-likeness (QED) is 0.591. The van der Waals surface area contributed by atoms with Crippen molar-refractivity contribution in [2.45, 2.75) is 41.5 Å². The molecule has 0 unspecified atom stereocenters. The van der Waals surface area contributed by atoms with Gasteiger partial charge in [0.1, 0.15) is 0 Å². The average molecular weight is 242 g/mol. The monoisotopic (exact) mass is 242 g/mol. The van der Waals surface area contributed by atoms with Crippen LogP contribution in [0.3, 0.4) is 0 Å². The van der Waals surface area contributed by atoms with Crippen LogP contribution >= 0.6 is 7.37 Å². The fourth-order valence-electron chi connectivity index (χ4n) is 1.00. The summed E-state index contributed by atoms with van der Waals surface area (Å²) in [5, 5.41) is 0. The van der Waals surface area contributed by atoms with E-state index in [1.165, 1.54) is 41.5 Å². The molecule has 0 aromatic carbocycles. The molecule has 0 aromatic heterocycles. The van der Waals surface area contributed by atoms with Crippen LogP contribution in [0.5, 0.6) is 0 Å². The molecule has 0 rings (SSSR count). The summed E-state index contributed by atoms with van der Waals surface area (Å²) < 4.78 is 11.8. The summed E-state index contributed by atoms with van der Waals surface area (Å²) in [7, 11) is -4.40. The van der Waals surface area contributed by atoms with Crippen LogP contribution in [0.25, 0.3) is 0 Å². The van der Waals surface area contributed by atoms with Gasteiger partial charge in [-0.25, -0.2) is 0 Å². The van der Waals surface area contributed by atoms with E-state index in [-0.39, 0.29) is 18.9 Å². The number of hydrogen-bond acceptors (Lipinski definition) is 3. The molecule has 90 valence electrons. The van der Waals surface area contributed by atoms with Gasteiger partial charge in [-0.05, 0) is 0 Å². The first-order valence-corrected chi connectivity index (χ1v) is 6.40. The maximum absolute atomic E-state index is 11.8. The van der Waals surface area contributed by atoms with Crippen LogP contribution < -0.4 is 0 Å². The molecule has 6 heteroatoms. The summed E-state index contributed by atoms with van der Waals surface area (Å²) in [6.45, 7) is 9.13. The Kier molecular flexibility index (Phi) is 5.99. The molecule has 0 fully saturated rings. The first-order chi connectivity index (χ1) is 6.31. The van der Waals surface area contributed by atoms with E-state index < -0.39 is 29.2 Å². The zero-order valence-corrected chi connectivity index (χ0v) is 11.0. The van der Waals surface area contributed by atoms with Gasteiger partial charge >= 0.3 is 26.2 Å². The standard InChI is InChI=1S/C10H19O4P.Li.H/c1-9(2,3)7(11)15(13,14)8(12)10(4,5)6;;/h1-6H3,(H,13,14);;. The van der Waals surface area contributed by atoms with Gasteiger partial charge in [0, 0.05) is 10.8 Å². The van der Waals surface area contributed by atoms with Crippen molar-refractivity contribution in [1.29, 1.82) is 0 Å². The fourth-order valence-corrected chi connectivity index (χ4v) is 3.00. The Morgan fingerprint density at radius 1 is 0.875 bits per heavy atom. The van der Waals surface area contributed by atoms with Crippen LogP contribution in [0.1, 0.15) is 41.5 Å². The molecule has 0 heterocycles. The Labute approximate surface area is 109 Å². The predicted octanol–water partition coefficient (Wildman–Crippen LogP) is 1.75. The number of rotatable bonds is 2. The van der Waals surface area contributed by atoms with Gasteiger partial charge in [-0.1, -0.05) is 41.5 Å². The van der Waals surface area contributed by atoms with Gasteiger partial charge < -0.3 is 4.89 Å². The van der Waals surface area contributed by atoms with E-state index in [1.54, 1.807) is 0 Å². The van der Waals surface area contributed by atoms with Gasteiger partial charge in [0.25, 0.3) is 0 Å². The van der Waals surface area contributed by atoms with Crippen molar-refractivity contribution < 1.29 is 19.0 Å². The van der Waals surface area contributed by atoms with E-state index in [1.807, 2.05) is 0 Å². The molecule has 16 heavy (non-hydrogen) atoms. The Balaban J connectivity index is 0. The Bertz CT molecular complexity index is 306. The topological polar surface area (TPSA) is 71.4 Å². The van der Waals surface area contributed by atoms with E-state index in [0.29, 0.717) is 0 Å².